The van der Waals surface area contributed by atoms with Crippen molar-refractivity contribution in [2.75, 3.05) is 32.1 Å². The van der Waals surface area contributed by atoms with Crippen LogP contribution in [0.2, 0.25) is 0 Å². The van der Waals surface area contributed by atoms with E-state index in [0.29, 0.717) is 38.2 Å². The lowest BCUT2D eigenvalue weighted by molar-refractivity contribution is -0.384. The van der Waals surface area contributed by atoms with Gasteiger partial charge in [-0.05, 0) is 39.7 Å². The fourth-order valence-electron chi connectivity index (χ4n) is 4.27. The van der Waals surface area contributed by atoms with Gasteiger partial charge in [0.25, 0.3) is 5.69 Å². The minimum Gasteiger partial charge on any atom is -0.494 e. The smallest absolute Gasteiger partial charge is 0.273 e. The number of piperidine rings is 1. The molecule has 32 heavy (non-hydrogen) atoms. The van der Waals surface area contributed by atoms with Gasteiger partial charge in [0, 0.05) is 43.6 Å². The Bertz CT molecular complexity index is 917. The third-order valence-corrected chi connectivity index (χ3v) is 6.12. The first-order valence-corrected chi connectivity index (χ1v) is 10.7. The first-order valence-electron chi connectivity index (χ1n) is 10.7. The molecule has 0 spiro atoms. The van der Waals surface area contributed by atoms with Gasteiger partial charge in [-0.25, -0.2) is 0 Å². The van der Waals surface area contributed by atoms with Crippen LogP contribution in [0.1, 0.15) is 40.0 Å². The zero-order valence-electron chi connectivity index (χ0n) is 18.9. The van der Waals surface area contributed by atoms with Crippen LogP contribution in [0, 0.1) is 22.0 Å². The summed E-state index contributed by atoms with van der Waals surface area (Å²) >= 11 is 0. The molecule has 0 radical (unpaired) electrons. The lowest BCUT2D eigenvalue weighted by Crippen LogP contribution is -2.46. The maximum Gasteiger partial charge on any atom is 0.273 e. The highest BCUT2D eigenvalue weighted by molar-refractivity contribution is 5.94. The Labute approximate surface area is 187 Å². The highest BCUT2D eigenvalue weighted by Gasteiger charge is 2.41. The average molecular weight is 447 g/mol. The summed E-state index contributed by atoms with van der Waals surface area (Å²) in [6.45, 7) is 7.22. The number of nitro benzene ring substituents is 1. The Morgan fingerprint density at radius 2 is 1.84 bits per heavy atom. The van der Waals surface area contributed by atoms with Crippen LogP contribution in [0.3, 0.4) is 0 Å². The number of carbonyl (C=O) groups is 3. The highest BCUT2D eigenvalue weighted by Crippen LogP contribution is 2.31. The Hall–Kier alpha value is -3.17. The third kappa shape index (κ3) is 5.00. The van der Waals surface area contributed by atoms with Gasteiger partial charge < -0.3 is 19.9 Å². The maximum absolute atomic E-state index is 12.9. The summed E-state index contributed by atoms with van der Waals surface area (Å²) < 4.78 is 5.17. The Morgan fingerprint density at radius 1 is 1.19 bits per heavy atom. The summed E-state index contributed by atoms with van der Waals surface area (Å²) in [5.74, 6) is -0.636. The molecule has 2 fully saturated rings. The van der Waals surface area contributed by atoms with Crippen LogP contribution >= 0.6 is 0 Å². The van der Waals surface area contributed by atoms with E-state index >= 15 is 0 Å². The van der Waals surface area contributed by atoms with E-state index in [2.05, 4.69) is 5.32 Å². The van der Waals surface area contributed by atoms with Crippen molar-refractivity contribution in [3.63, 3.8) is 0 Å². The third-order valence-electron chi connectivity index (χ3n) is 6.12. The standard InChI is InChI=1S/C22H30N4O6/c1-22(2,3)25-13-15(11-19(25)27)21(29)24-9-7-14(8-10-24)20(28)23-17-6-5-16(26(30)31)12-18(17)32-4/h5-6,12,14-15H,7-11,13H2,1-4H3,(H,23,28). The second-order valence-electron chi connectivity index (χ2n) is 9.31. The van der Waals surface area contributed by atoms with Gasteiger partial charge in [0.05, 0.1) is 29.7 Å². The van der Waals surface area contributed by atoms with E-state index in [-0.39, 0.29) is 53.0 Å². The van der Waals surface area contributed by atoms with Crippen LogP contribution in [0.5, 0.6) is 5.75 Å². The SMILES string of the molecule is COc1cc([N+](=O)[O-])ccc1NC(=O)C1CCN(C(=O)C2CC(=O)N(C(C)(C)C)C2)CC1. The quantitative estimate of drug-likeness (QED) is 0.548. The van der Waals surface area contributed by atoms with Crippen LogP contribution in [0.25, 0.3) is 0 Å². The normalized spacial score (nSPS) is 19.8. The van der Waals surface area contributed by atoms with E-state index in [1.54, 1.807) is 9.80 Å². The Morgan fingerprint density at radius 3 is 2.38 bits per heavy atom. The minimum absolute atomic E-state index is 0.00200. The van der Waals surface area contributed by atoms with Gasteiger partial charge in [-0.3, -0.25) is 24.5 Å². The number of ether oxygens (including phenoxy) is 1. The molecule has 1 N–H and O–H groups in total. The molecule has 2 aliphatic rings. The van der Waals surface area contributed by atoms with Crippen molar-refractivity contribution in [3.8, 4) is 5.75 Å². The summed E-state index contributed by atoms with van der Waals surface area (Å²) in [6.07, 6.45) is 1.25. The Kier molecular flexibility index (Phi) is 6.71. The number of benzene rings is 1. The summed E-state index contributed by atoms with van der Waals surface area (Å²) in [4.78, 5) is 51.9. The zero-order valence-corrected chi connectivity index (χ0v) is 18.9. The van der Waals surface area contributed by atoms with Crippen molar-refractivity contribution in [1.82, 2.24) is 9.80 Å². The number of rotatable bonds is 5. The number of nitrogens with one attached hydrogen (secondary N) is 1. The van der Waals surface area contributed by atoms with Crippen LogP contribution in [-0.2, 0) is 14.4 Å². The number of methoxy groups -OCH3 is 1. The largest absolute Gasteiger partial charge is 0.494 e. The van der Waals surface area contributed by atoms with Gasteiger partial charge in [0.1, 0.15) is 5.75 Å². The molecule has 2 saturated heterocycles. The topological polar surface area (TPSA) is 122 Å². The second-order valence-corrected chi connectivity index (χ2v) is 9.31. The first-order chi connectivity index (χ1) is 15.0. The molecular formula is C22H30N4O6. The highest BCUT2D eigenvalue weighted by atomic mass is 16.6. The number of amides is 3. The molecule has 0 bridgehead atoms. The van der Waals surface area contributed by atoms with Crippen LogP contribution in [0.4, 0.5) is 11.4 Å². The van der Waals surface area contributed by atoms with Crippen molar-refractivity contribution in [3.05, 3.63) is 28.3 Å². The molecule has 1 aromatic carbocycles. The van der Waals surface area contributed by atoms with Gasteiger partial charge >= 0.3 is 0 Å². The Balaban J connectivity index is 1.56. The molecule has 10 nitrogen and oxygen atoms in total. The average Bonchev–Trinajstić information content (AvgIpc) is 3.15. The lowest BCUT2D eigenvalue weighted by Gasteiger charge is -2.34. The number of hydrogen-bond acceptors (Lipinski definition) is 6. The van der Waals surface area contributed by atoms with E-state index in [9.17, 15) is 24.5 Å². The second kappa shape index (κ2) is 9.13. The molecule has 3 rings (SSSR count). The number of likely N-dealkylation sites (tertiary alicyclic amines) is 2. The van der Waals surface area contributed by atoms with Gasteiger partial charge in [-0.15, -0.1) is 0 Å². The number of non-ortho nitro benzene ring substituents is 1. The summed E-state index contributed by atoms with van der Waals surface area (Å²) in [7, 11) is 1.38. The number of anilines is 1. The predicted molar refractivity (Wildman–Crippen MR) is 117 cm³/mol. The summed E-state index contributed by atoms with van der Waals surface area (Å²) in [5.41, 5.74) is -0.0636. The van der Waals surface area contributed by atoms with Crippen LogP contribution < -0.4 is 10.1 Å². The van der Waals surface area contributed by atoms with Gasteiger partial charge in [-0.1, -0.05) is 0 Å². The molecule has 0 saturated carbocycles. The van der Waals surface area contributed by atoms with E-state index in [1.807, 2.05) is 20.8 Å². The molecule has 0 aromatic heterocycles. The molecule has 10 heteroatoms. The molecule has 0 aliphatic carbocycles. The molecular weight excluding hydrogens is 416 g/mol. The fourth-order valence-corrected chi connectivity index (χ4v) is 4.27. The van der Waals surface area contributed by atoms with Crippen molar-refractivity contribution < 1.29 is 24.0 Å². The number of carbonyl (C=O) groups excluding carboxylic acids is 3. The van der Waals surface area contributed by atoms with E-state index in [0.717, 1.165) is 0 Å². The zero-order chi connectivity index (χ0) is 23.6. The molecule has 174 valence electrons. The van der Waals surface area contributed by atoms with Gasteiger partial charge in [0.2, 0.25) is 17.7 Å². The lowest BCUT2D eigenvalue weighted by atomic mass is 9.94. The van der Waals surface area contributed by atoms with Crippen molar-refractivity contribution >= 4 is 29.1 Å². The maximum atomic E-state index is 12.9. The molecule has 1 unspecified atom stereocenters. The summed E-state index contributed by atoms with van der Waals surface area (Å²) in [6, 6.07) is 4.02. The predicted octanol–water partition coefficient (Wildman–Crippen LogP) is 2.43. The molecule has 1 aromatic rings. The van der Waals surface area contributed by atoms with E-state index in [4.69, 9.17) is 4.74 Å². The molecule has 3 amide bonds. The first kappa shape index (κ1) is 23.5. The molecule has 2 aliphatic heterocycles. The van der Waals surface area contributed by atoms with Crippen molar-refractivity contribution in [2.45, 2.75) is 45.6 Å². The fraction of sp³-hybridized carbons (Fsp3) is 0.591. The van der Waals surface area contributed by atoms with Crippen molar-refractivity contribution in [2.24, 2.45) is 11.8 Å². The van der Waals surface area contributed by atoms with Crippen molar-refractivity contribution in [1.29, 1.82) is 0 Å². The summed E-state index contributed by atoms with van der Waals surface area (Å²) in [5, 5.41) is 13.7. The van der Waals surface area contributed by atoms with Gasteiger partial charge in [0.15, 0.2) is 0 Å². The van der Waals surface area contributed by atoms with E-state index in [1.165, 1.54) is 25.3 Å². The number of nitrogens with zero attached hydrogens (tertiary/aromatic N) is 3. The minimum atomic E-state index is -0.528. The van der Waals surface area contributed by atoms with Crippen LogP contribution in [0.15, 0.2) is 18.2 Å². The van der Waals surface area contributed by atoms with Crippen LogP contribution in [-0.4, -0.2) is 64.7 Å². The van der Waals surface area contributed by atoms with E-state index < -0.39 is 4.92 Å². The van der Waals surface area contributed by atoms with Gasteiger partial charge in [-0.2, -0.15) is 0 Å². The monoisotopic (exact) mass is 446 g/mol. The molecule has 2 heterocycles. The number of nitro groups is 1. The molecule has 1 atom stereocenters. The number of hydrogen-bond donors (Lipinski definition) is 1.